The van der Waals surface area contributed by atoms with E-state index in [1.165, 1.54) is 12.1 Å². The maximum atomic E-state index is 11.9. The Morgan fingerprint density at radius 1 is 1.39 bits per heavy atom. The second-order valence-electron chi connectivity index (χ2n) is 4.58. The van der Waals surface area contributed by atoms with E-state index in [4.69, 9.17) is 5.73 Å². The fourth-order valence-corrected chi connectivity index (χ4v) is 2.81. The van der Waals surface area contributed by atoms with E-state index in [2.05, 4.69) is 5.32 Å². The molecule has 0 saturated heterocycles. The maximum absolute atomic E-state index is 11.9. The van der Waals surface area contributed by atoms with Crippen LogP contribution < -0.4 is 11.1 Å². The number of carbonyl (C=O) groups is 1. The SMILES string of the molecule is Nc1cccc(S(=O)(=O)CC(=O)NCC2CC2)c1. The Bertz CT molecular complexity index is 550. The Hall–Kier alpha value is -1.56. The van der Waals surface area contributed by atoms with Crippen molar-refractivity contribution in [2.24, 2.45) is 5.92 Å². The van der Waals surface area contributed by atoms with Crippen LogP contribution in [-0.4, -0.2) is 26.6 Å². The first kappa shape index (κ1) is 12.9. The van der Waals surface area contributed by atoms with Crippen molar-refractivity contribution in [2.45, 2.75) is 17.7 Å². The summed E-state index contributed by atoms with van der Waals surface area (Å²) >= 11 is 0. The lowest BCUT2D eigenvalue weighted by Crippen LogP contribution is -2.31. The lowest BCUT2D eigenvalue weighted by molar-refractivity contribution is -0.118. The van der Waals surface area contributed by atoms with Crippen LogP contribution in [0.1, 0.15) is 12.8 Å². The number of benzene rings is 1. The van der Waals surface area contributed by atoms with Gasteiger partial charge in [-0.25, -0.2) is 8.42 Å². The maximum Gasteiger partial charge on any atom is 0.235 e. The molecule has 1 amide bonds. The van der Waals surface area contributed by atoms with Crippen molar-refractivity contribution in [3.05, 3.63) is 24.3 Å². The number of rotatable bonds is 5. The molecule has 1 aliphatic carbocycles. The molecule has 6 heteroatoms. The van der Waals surface area contributed by atoms with Crippen LogP contribution in [0.3, 0.4) is 0 Å². The van der Waals surface area contributed by atoms with E-state index in [1.54, 1.807) is 12.1 Å². The van der Waals surface area contributed by atoms with E-state index in [1.807, 2.05) is 0 Å². The summed E-state index contributed by atoms with van der Waals surface area (Å²) in [4.78, 5) is 11.6. The predicted octanol–water partition coefficient (Wildman–Crippen LogP) is 0.569. The van der Waals surface area contributed by atoms with Gasteiger partial charge in [-0.2, -0.15) is 0 Å². The minimum Gasteiger partial charge on any atom is -0.399 e. The van der Waals surface area contributed by atoms with E-state index in [0.29, 0.717) is 18.2 Å². The summed E-state index contributed by atoms with van der Waals surface area (Å²) in [5.74, 6) is -0.447. The molecule has 18 heavy (non-hydrogen) atoms. The average Bonchev–Trinajstić information content (AvgIpc) is 3.09. The van der Waals surface area contributed by atoms with Crippen LogP contribution in [0.15, 0.2) is 29.2 Å². The number of anilines is 1. The van der Waals surface area contributed by atoms with Gasteiger partial charge in [0.2, 0.25) is 5.91 Å². The van der Waals surface area contributed by atoms with Crippen molar-refractivity contribution in [1.82, 2.24) is 5.32 Å². The molecule has 1 aromatic rings. The van der Waals surface area contributed by atoms with Crippen molar-refractivity contribution in [2.75, 3.05) is 18.0 Å². The number of sulfone groups is 1. The van der Waals surface area contributed by atoms with Gasteiger partial charge in [-0.15, -0.1) is 0 Å². The van der Waals surface area contributed by atoms with Crippen LogP contribution in [0.2, 0.25) is 0 Å². The summed E-state index contributed by atoms with van der Waals surface area (Å²) in [7, 11) is -3.60. The molecule has 2 rings (SSSR count). The normalized spacial score (nSPS) is 15.3. The Morgan fingerprint density at radius 2 is 2.11 bits per heavy atom. The minimum absolute atomic E-state index is 0.0871. The van der Waals surface area contributed by atoms with Crippen LogP contribution in [0.5, 0.6) is 0 Å². The number of hydrogen-bond acceptors (Lipinski definition) is 4. The van der Waals surface area contributed by atoms with Gasteiger partial charge in [-0.05, 0) is 37.0 Å². The Labute approximate surface area is 106 Å². The largest absolute Gasteiger partial charge is 0.399 e. The second kappa shape index (κ2) is 4.97. The average molecular weight is 268 g/mol. The van der Waals surface area contributed by atoms with Gasteiger partial charge in [0.15, 0.2) is 9.84 Å². The van der Waals surface area contributed by atoms with Crippen LogP contribution in [0.25, 0.3) is 0 Å². The molecular formula is C12H16N2O3S. The zero-order valence-corrected chi connectivity index (χ0v) is 10.7. The van der Waals surface area contributed by atoms with Crippen LogP contribution >= 0.6 is 0 Å². The summed E-state index contributed by atoms with van der Waals surface area (Å²) in [6, 6.07) is 5.97. The molecule has 1 saturated carbocycles. The lowest BCUT2D eigenvalue weighted by atomic mass is 10.3. The molecule has 1 aliphatic rings. The summed E-state index contributed by atoms with van der Waals surface area (Å²) in [6.07, 6.45) is 2.23. The van der Waals surface area contributed by atoms with Crippen LogP contribution in [0, 0.1) is 5.92 Å². The summed E-state index contributed by atoms with van der Waals surface area (Å²) in [6.45, 7) is 0.575. The standard InChI is InChI=1S/C12H16N2O3S/c13-10-2-1-3-11(6-10)18(16,17)8-12(15)14-7-9-4-5-9/h1-3,6,9H,4-5,7-8,13H2,(H,14,15). The van der Waals surface area contributed by atoms with Gasteiger partial charge in [0, 0.05) is 12.2 Å². The van der Waals surface area contributed by atoms with Gasteiger partial charge in [0.25, 0.3) is 0 Å². The number of amides is 1. The van der Waals surface area contributed by atoms with Crippen LogP contribution in [0.4, 0.5) is 5.69 Å². The topological polar surface area (TPSA) is 89.3 Å². The third-order valence-electron chi connectivity index (χ3n) is 2.82. The molecule has 1 fully saturated rings. The smallest absolute Gasteiger partial charge is 0.235 e. The quantitative estimate of drug-likeness (QED) is 0.764. The monoisotopic (exact) mass is 268 g/mol. The second-order valence-corrected chi connectivity index (χ2v) is 6.57. The summed E-state index contributed by atoms with van der Waals surface area (Å²) in [5, 5.41) is 2.64. The molecule has 0 unspecified atom stereocenters. The minimum atomic E-state index is -3.60. The molecule has 0 atom stereocenters. The molecule has 1 aromatic carbocycles. The summed E-state index contributed by atoms with van der Waals surface area (Å²) < 4.78 is 23.9. The zero-order chi connectivity index (χ0) is 13.2. The third kappa shape index (κ3) is 3.46. The third-order valence-corrected chi connectivity index (χ3v) is 4.44. The molecule has 0 heterocycles. The first-order chi connectivity index (χ1) is 8.47. The molecule has 0 radical (unpaired) electrons. The van der Waals surface area contributed by atoms with E-state index >= 15 is 0 Å². The molecule has 0 spiro atoms. The number of hydrogen-bond donors (Lipinski definition) is 2. The van der Waals surface area contributed by atoms with Gasteiger partial charge in [0.1, 0.15) is 5.75 Å². The highest BCUT2D eigenvalue weighted by Crippen LogP contribution is 2.27. The Morgan fingerprint density at radius 3 is 2.72 bits per heavy atom. The Kier molecular flexibility index (Phi) is 3.56. The van der Waals surface area contributed by atoms with E-state index < -0.39 is 21.5 Å². The number of nitrogens with one attached hydrogen (secondary N) is 1. The van der Waals surface area contributed by atoms with Crippen molar-refractivity contribution >= 4 is 21.4 Å². The highest BCUT2D eigenvalue weighted by molar-refractivity contribution is 7.92. The highest BCUT2D eigenvalue weighted by Gasteiger charge is 2.24. The van der Waals surface area contributed by atoms with Gasteiger partial charge in [0.05, 0.1) is 4.90 Å². The van der Waals surface area contributed by atoms with E-state index in [0.717, 1.165) is 12.8 Å². The van der Waals surface area contributed by atoms with Gasteiger partial charge in [-0.1, -0.05) is 6.07 Å². The van der Waals surface area contributed by atoms with Gasteiger partial charge < -0.3 is 11.1 Å². The number of nitrogen functional groups attached to an aromatic ring is 1. The molecule has 0 aliphatic heterocycles. The first-order valence-corrected chi connectivity index (χ1v) is 7.47. The molecule has 0 bridgehead atoms. The first-order valence-electron chi connectivity index (χ1n) is 5.82. The van der Waals surface area contributed by atoms with Crippen LogP contribution in [-0.2, 0) is 14.6 Å². The predicted molar refractivity (Wildman–Crippen MR) is 68.6 cm³/mol. The highest BCUT2D eigenvalue weighted by atomic mass is 32.2. The zero-order valence-electron chi connectivity index (χ0n) is 9.93. The molecular weight excluding hydrogens is 252 g/mol. The fourth-order valence-electron chi connectivity index (χ4n) is 1.60. The molecule has 3 N–H and O–H groups in total. The summed E-state index contributed by atoms with van der Waals surface area (Å²) in [5.41, 5.74) is 5.90. The molecule has 5 nitrogen and oxygen atoms in total. The lowest BCUT2D eigenvalue weighted by Gasteiger charge is -2.06. The molecule has 98 valence electrons. The Balaban J connectivity index is 1.99. The number of carbonyl (C=O) groups excluding carboxylic acids is 1. The van der Waals surface area contributed by atoms with Crippen molar-refractivity contribution in [1.29, 1.82) is 0 Å². The fraction of sp³-hybridized carbons (Fsp3) is 0.417. The van der Waals surface area contributed by atoms with Gasteiger partial charge in [-0.3, -0.25) is 4.79 Å². The number of nitrogens with two attached hydrogens (primary N) is 1. The molecule has 0 aromatic heterocycles. The van der Waals surface area contributed by atoms with E-state index in [-0.39, 0.29) is 4.90 Å². The van der Waals surface area contributed by atoms with Gasteiger partial charge >= 0.3 is 0 Å². The van der Waals surface area contributed by atoms with Crippen molar-refractivity contribution in [3.8, 4) is 0 Å². The van der Waals surface area contributed by atoms with Crippen molar-refractivity contribution in [3.63, 3.8) is 0 Å². The van der Waals surface area contributed by atoms with Crippen molar-refractivity contribution < 1.29 is 13.2 Å². The van der Waals surface area contributed by atoms with E-state index in [9.17, 15) is 13.2 Å².